The molecule has 0 aliphatic rings. The number of ether oxygens (including phenoxy) is 1. The van der Waals surface area contributed by atoms with Crippen LogP contribution in [0.15, 0.2) is 18.2 Å². The lowest BCUT2D eigenvalue weighted by Crippen LogP contribution is -2.09. The number of carbonyl (C=O) groups is 1. The fourth-order valence-electron chi connectivity index (χ4n) is 1.63. The largest absolute Gasteiger partial charge is 0.466 e. The minimum Gasteiger partial charge on any atom is -0.466 e. The van der Waals surface area contributed by atoms with Crippen molar-refractivity contribution < 1.29 is 31.5 Å². The molecule has 0 radical (unpaired) electrons. The van der Waals surface area contributed by atoms with Crippen LogP contribution in [0.4, 0.5) is 22.0 Å². The number of carbonyl (C=O) groups excluding carboxylic acids is 1. The minimum atomic E-state index is -4.70. The van der Waals surface area contributed by atoms with E-state index >= 15 is 0 Å². The number of aryl methyl sites for hydroxylation is 1. The van der Waals surface area contributed by atoms with Crippen LogP contribution in [0, 0.1) is 0 Å². The second-order valence-electron chi connectivity index (χ2n) is 4.07. The molecule has 0 bridgehead atoms. The zero-order valence-corrected chi connectivity index (χ0v) is 10.6. The van der Waals surface area contributed by atoms with Gasteiger partial charge in [0.05, 0.1) is 12.2 Å². The van der Waals surface area contributed by atoms with Gasteiger partial charge in [0.25, 0.3) is 6.43 Å². The number of hydrogen-bond acceptors (Lipinski definition) is 2. The van der Waals surface area contributed by atoms with E-state index < -0.39 is 29.7 Å². The zero-order valence-electron chi connectivity index (χ0n) is 10.6. The summed E-state index contributed by atoms with van der Waals surface area (Å²) < 4.78 is 67.6. The molecule has 0 heterocycles. The minimum absolute atomic E-state index is 0.0307. The number of benzene rings is 1. The Bertz CT molecular complexity index is 468. The third kappa shape index (κ3) is 4.79. The second kappa shape index (κ2) is 6.67. The summed E-state index contributed by atoms with van der Waals surface area (Å²) >= 11 is 0. The molecule has 0 aromatic heterocycles. The van der Waals surface area contributed by atoms with E-state index in [-0.39, 0.29) is 25.0 Å². The van der Waals surface area contributed by atoms with Gasteiger partial charge in [-0.25, -0.2) is 8.78 Å². The van der Waals surface area contributed by atoms with Crippen LogP contribution in [0.1, 0.15) is 36.5 Å². The molecule has 20 heavy (non-hydrogen) atoms. The molecule has 1 rings (SSSR count). The van der Waals surface area contributed by atoms with Gasteiger partial charge in [-0.15, -0.1) is 0 Å². The molecular formula is C13H13F5O2. The molecule has 1 aromatic carbocycles. The number of esters is 1. The van der Waals surface area contributed by atoms with E-state index in [1.807, 2.05) is 0 Å². The van der Waals surface area contributed by atoms with Crippen LogP contribution in [-0.4, -0.2) is 12.6 Å². The van der Waals surface area contributed by atoms with E-state index in [0.717, 1.165) is 12.1 Å². The Morgan fingerprint density at radius 2 is 1.90 bits per heavy atom. The van der Waals surface area contributed by atoms with Crippen molar-refractivity contribution in [2.45, 2.75) is 32.4 Å². The Hall–Kier alpha value is -1.66. The first kappa shape index (κ1) is 16.4. The Morgan fingerprint density at radius 1 is 1.25 bits per heavy atom. The molecular weight excluding hydrogens is 283 g/mol. The number of rotatable bonds is 5. The smallest absolute Gasteiger partial charge is 0.416 e. The van der Waals surface area contributed by atoms with E-state index in [2.05, 4.69) is 4.74 Å². The monoisotopic (exact) mass is 296 g/mol. The highest BCUT2D eigenvalue weighted by Crippen LogP contribution is 2.33. The fourth-order valence-corrected chi connectivity index (χ4v) is 1.63. The van der Waals surface area contributed by atoms with Gasteiger partial charge in [-0.05, 0) is 31.0 Å². The summed E-state index contributed by atoms with van der Waals surface area (Å²) in [5.41, 5.74) is -1.82. The van der Waals surface area contributed by atoms with Gasteiger partial charge < -0.3 is 4.74 Å². The summed E-state index contributed by atoms with van der Waals surface area (Å²) in [5.74, 6) is -0.580. The summed E-state index contributed by atoms with van der Waals surface area (Å²) in [7, 11) is 0. The van der Waals surface area contributed by atoms with Crippen LogP contribution < -0.4 is 0 Å². The first-order valence-electron chi connectivity index (χ1n) is 5.89. The molecule has 0 saturated heterocycles. The van der Waals surface area contributed by atoms with E-state index in [9.17, 15) is 26.7 Å². The lowest BCUT2D eigenvalue weighted by molar-refractivity contribution is -0.143. The van der Waals surface area contributed by atoms with Crippen LogP contribution in [0.5, 0.6) is 0 Å². The molecule has 0 aliphatic heterocycles. The zero-order chi connectivity index (χ0) is 15.3. The van der Waals surface area contributed by atoms with Crippen LogP contribution in [-0.2, 0) is 22.1 Å². The summed E-state index contributed by atoms with van der Waals surface area (Å²) in [6.45, 7) is 1.75. The molecule has 0 aliphatic carbocycles. The van der Waals surface area contributed by atoms with Gasteiger partial charge in [0, 0.05) is 12.0 Å². The highest BCUT2D eigenvalue weighted by atomic mass is 19.4. The van der Waals surface area contributed by atoms with Gasteiger partial charge in [0.2, 0.25) is 0 Å². The summed E-state index contributed by atoms with van der Waals surface area (Å²) in [6, 6.07) is 2.16. The van der Waals surface area contributed by atoms with E-state index in [1.165, 1.54) is 0 Å². The maximum absolute atomic E-state index is 12.6. The molecule has 112 valence electrons. The first-order valence-corrected chi connectivity index (χ1v) is 5.89. The Balaban J connectivity index is 2.95. The van der Waals surface area contributed by atoms with Crippen molar-refractivity contribution in [1.82, 2.24) is 0 Å². The van der Waals surface area contributed by atoms with E-state index in [1.54, 1.807) is 6.92 Å². The Kier molecular flexibility index (Phi) is 5.47. The number of hydrogen-bond donors (Lipinski definition) is 0. The molecule has 1 aromatic rings. The molecule has 0 N–H and O–H groups in total. The maximum atomic E-state index is 12.6. The van der Waals surface area contributed by atoms with Crippen LogP contribution >= 0.6 is 0 Å². The predicted octanol–water partition coefficient (Wildman–Crippen LogP) is 4.14. The molecule has 0 fully saturated rings. The molecule has 0 unspecified atom stereocenters. The SMILES string of the molecule is CCOC(=O)CCc1cc(C(F)F)cc(C(F)(F)F)c1. The molecule has 0 spiro atoms. The van der Waals surface area contributed by atoms with E-state index in [0.29, 0.717) is 6.07 Å². The first-order chi connectivity index (χ1) is 9.24. The van der Waals surface area contributed by atoms with Gasteiger partial charge >= 0.3 is 12.1 Å². The van der Waals surface area contributed by atoms with Crippen LogP contribution in [0.2, 0.25) is 0 Å². The van der Waals surface area contributed by atoms with Crippen molar-refractivity contribution in [3.63, 3.8) is 0 Å². The van der Waals surface area contributed by atoms with Crippen LogP contribution in [0.25, 0.3) is 0 Å². The van der Waals surface area contributed by atoms with Gasteiger partial charge in [0.1, 0.15) is 0 Å². The van der Waals surface area contributed by atoms with Crippen molar-refractivity contribution in [2.75, 3.05) is 6.61 Å². The molecule has 0 atom stereocenters. The fraction of sp³-hybridized carbons (Fsp3) is 0.462. The van der Waals surface area contributed by atoms with Gasteiger partial charge in [-0.3, -0.25) is 4.79 Å². The lowest BCUT2D eigenvalue weighted by Gasteiger charge is -2.12. The van der Waals surface area contributed by atoms with E-state index in [4.69, 9.17) is 0 Å². The predicted molar refractivity (Wildman–Crippen MR) is 61.4 cm³/mol. The Labute approximate surface area is 112 Å². The average Bonchev–Trinajstić information content (AvgIpc) is 2.35. The standard InChI is InChI=1S/C13H13F5O2/c1-2-20-11(19)4-3-8-5-9(12(14)15)7-10(6-8)13(16,17)18/h5-7,12H,2-4H2,1H3. The molecule has 0 saturated carbocycles. The second-order valence-corrected chi connectivity index (χ2v) is 4.07. The highest BCUT2D eigenvalue weighted by Gasteiger charge is 2.31. The molecule has 2 nitrogen and oxygen atoms in total. The summed E-state index contributed by atoms with van der Waals surface area (Å²) in [4.78, 5) is 11.1. The molecule has 7 heteroatoms. The quantitative estimate of drug-likeness (QED) is 0.603. The van der Waals surface area contributed by atoms with Crippen molar-refractivity contribution in [3.05, 3.63) is 34.9 Å². The summed E-state index contributed by atoms with van der Waals surface area (Å²) in [6.07, 6.45) is -7.94. The molecule has 0 amide bonds. The third-order valence-electron chi connectivity index (χ3n) is 2.52. The van der Waals surface area contributed by atoms with Crippen molar-refractivity contribution >= 4 is 5.97 Å². The summed E-state index contributed by atoms with van der Waals surface area (Å²) in [5, 5.41) is 0. The third-order valence-corrected chi connectivity index (χ3v) is 2.52. The highest BCUT2D eigenvalue weighted by molar-refractivity contribution is 5.69. The average molecular weight is 296 g/mol. The van der Waals surface area contributed by atoms with Crippen molar-refractivity contribution in [2.24, 2.45) is 0 Å². The number of alkyl halides is 5. The number of halogens is 5. The maximum Gasteiger partial charge on any atom is 0.416 e. The topological polar surface area (TPSA) is 26.3 Å². The van der Waals surface area contributed by atoms with Crippen molar-refractivity contribution in [3.8, 4) is 0 Å². The van der Waals surface area contributed by atoms with Gasteiger partial charge in [0.15, 0.2) is 0 Å². The normalized spacial score (nSPS) is 11.8. The van der Waals surface area contributed by atoms with Crippen molar-refractivity contribution in [1.29, 1.82) is 0 Å². The van der Waals surface area contributed by atoms with Gasteiger partial charge in [-0.2, -0.15) is 13.2 Å². The van der Waals surface area contributed by atoms with Gasteiger partial charge in [-0.1, -0.05) is 6.07 Å². The van der Waals surface area contributed by atoms with Crippen LogP contribution in [0.3, 0.4) is 0 Å². The lowest BCUT2D eigenvalue weighted by atomic mass is 10.0. The Morgan fingerprint density at radius 3 is 2.40 bits per heavy atom.